The maximum absolute atomic E-state index is 12.1. The van der Waals surface area contributed by atoms with Crippen LogP contribution in [0.2, 0.25) is 0 Å². The van der Waals surface area contributed by atoms with Crippen LogP contribution in [-0.2, 0) is 47.4 Å². The fourth-order valence-electron chi connectivity index (χ4n) is 4.46. The summed E-state index contributed by atoms with van der Waals surface area (Å²) in [6.07, 6.45) is 2.22. The number of esters is 1. The number of nitrogens with one attached hydrogen (secondary N) is 2. The smallest absolute Gasteiger partial charge is 0.338 e. The number of nitro benzene ring substituents is 2. The third-order valence-electron chi connectivity index (χ3n) is 7.37. The van der Waals surface area contributed by atoms with Crippen LogP contribution in [0.1, 0.15) is 30.1 Å². The Balaban J connectivity index is 1.22. The fourth-order valence-corrected chi connectivity index (χ4v) is 4.46. The van der Waals surface area contributed by atoms with Gasteiger partial charge in [0.25, 0.3) is 11.4 Å². The molecule has 316 valence electrons. The molecule has 2 aromatic rings. The summed E-state index contributed by atoms with van der Waals surface area (Å²) in [5.74, 6) is -0.375. The molecule has 0 atom stereocenters. The topological polar surface area (TPSA) is 220 Å². The van der Waals surface area contributed by atoms with E-state index in [9.17, 15) is 25.0 Å². The van der Waals surface area contributed by atoms with Crippen LogP contribution < -0.4 is 10.6 Å². The number of non-ortho nitro benzene ring substituents is 1. The molecule has 2 rings (SSSR count). The van der Waals surface area contributed by atoms with E-state index < -0.39 is 9.85 Å². The van der Waals surface area contributed by atoms with E-state index in [0.717, 1.165) is 31.1 Å². The van der Waals surface area contributed by atoms with Gasteiger partial charge < -0.3 is 58.0 Å². The molecule has 0 aromatic heterocycles. The number of nitro groups is 2. The van der Waals surface area contributed by atoms with E-state index >= 15 is 0 Å². The highest BCUT2D eigenvalue weighted by Crippen LogP contribution is 2.28. The van der Waals surface area contributed by atoms with E-state index in [1.165, 1.54) is 12.1 Å². The maximum atomic E-state index is 12.1. The van der Waals surface area contributed by atoms with Crippen molar-refractivity contribution in [3.05, 3.63) is 68.3 Å². The molecule has 0 unspecified atom stereocenters. The van der Waals surface area contributed by atoms with Gasteiger partial charge in [0.15, 0.2) is 0 Å². The van der Waals surface area contributed by atoms with Gasteiger partial charge in [-0.15, -0.1) is 0 Å². The van der Waals surface area contributed by atoms with Crippen molar-refractivity contribution in [3.63, 3.8) is 0 Å². The molecule has 2 aromatic carbocycles. The predicted octanol–water partition coefficient (Wildman–Crippen LogP) is 4.13. The largest absolute Gasteiger partial charge is 0.460 e. The summed E-state index contributed by atoms with van der Waals surface area (Å²) in [4.78, 5) is 32.8. The second-order valence-electron chi connectivity index (χ2n) is 11.6. The first-order valence-corrected chi connectivity index (χ1v) is 18.8. The fraction of sp³-hybridized carbons (Fsp3) is 0.649. The van der Waals surface area contributed by atoms with Crippen molar-refractivity contribution in [1.82, 2.24) is 0 Å². The van der Waals surface area contributed by atoms with Crippen molar-refractivity contribution in [3.8, 4) is 0 Å². The number of hydrogen-bond acceptors (Lipinski definition) is 17. The number of hydrogen-bond donors (Lipinski definition) is 2. The van der Waals surface area contributed by atoms with Crippen molar-refractivity contribution in [1.29, 1.82) is 0 Å². The highest BCUT2D eigenvalue weighted by molar-refractivity contribution is 5.89. The first-order valence-electron chi connectivity index (χ1n) is 18.8. The number of ether oxygens (including phenoxy) is 10. The van der Waals surface area contributed by atoms with Gasteiger partial charge in [-0.1, -0.05) is 13.3 Å². The quantitative estimate of drug-likeness (QED) is 0.0422. The Hall–Kier alpha value is -4.05. The summed E-state index contributed by atoms with van der Waals surface area (Å²) in [6, 6.07) is 10.7. The average molecular weight is 799 g/mol. The van der Waals surface area contributed by atoms with Gasteiger partial charge in [0, 0.05) is 24.8 Å². The van der Waals surface area contributed by atoms with Gasteiger partial charge in [0.1, 0.15) is 12.3 Å². The highest BCUT2D eigenvalue weighted by atomic mass is 16.6. The lowest BCUT2D eigenvalue weighted by Gasteiger charge is -2.09. The Morgan fingerprint density at radius 3 is 1.38 bits per heavy atom. The summed E-state index contributed by atoms with van der Waals surface area (Å²) in [7, 11) is 0. The third-order valence-corrected chi connectivity index (χ3v) is 7.37. The Morgan fingerprint density at radius 2 is 0.964 bits per heavy atom. The SMILES string of the molecule is CCCCNc1ccc(C(=O)OCCOCCOCCOCCOCCOCCOCCOCCOCCOCCNc2ccc([N+](=O)[O-])cc2[N+](=O)[O-])cc1. The molecule has 19 nitrogen and oxygen atoms in total. The monoisotopic (exact) mass is 798 g/mol. The Kier molecular flexibility index (Phi) is 28.5. The minimum absolute atomic E-state index is 0.173. The summed E-state index contributed by atoms with van der Waals surface area (Å²) >= 11 is 0. The lowest BCUT2D eigenvalue weighted by atomic mass is 10.2. The molecule has 0 aliphatic heterocycles. The van der Waals surface area contributed by atoms with Gasteiger partial charge in [-0.25, -0.2) is 4.79 Å². The average Bonchev–Trinajstić information content (AvgIpc) is 3.20. The lowest BCUT2D eigenvalue weighted by molar-refractivity contribution is -0.393. The maximum Gasteiger partial charge on any atom is 0.338 e. The van der Waals surface area contributed by atoms with Crippen molar-refractivity contribution >= 4 is 28.7 Å². The summed E-state index contributed by atoms with van der Waals surface area (Å²) in [5, 5.41) is 28.1. The molecule has 0 amide bonds. The van der Waals surface area contributed by atoms with Crippen LogP contribution in [0.25, 0.3) is 0 Å². The molecule has 0 fully saturated rings. The highest BCUT2D eigenvalue weighted by Gasteiger charge is 2.19. The molecule has 0 aliphatic rings. The molecule has 0 aliphatic carbocycles. The predicted molar refractivity (Wildman–Crippen MR) is 206 cm³/mol. The molecule has 0 spiro atoms. The second-order valence-corrected chi connectivity index (χ2v) is 11.6. The van der Waals surface area contributed by atoms with Crippen LogP contribution in [0.4, 0.5) is 22.7 Å². The Bertz CT molecular complexity index is 1320. The third kappa shape index (κ3) is 24.5. The number of nitrogens with zero attached hydrogens (tertiary/aromatic N) is 2. The zero-order valence-corrected chi connectivity index (χ0v) is 32.3. The molecule has 19 heteroatoms. The van der Waals surface area contributed by atoms with Crippen molar-refractivity contribution in [2.45, 2.75) is 19.8 Å². The van der Waals surface area contributed by atoms with Crippen molar-refractivity contribution < 1.29 is 62.0 Å². The lowest BCUT2D eigenvalue weighted by Crippen LogP contribution is -2.16. The van der Waals surface area contributed by atoms with Gasteiger partial charge in [-0.3, -0.25) is 20.2 Å². The van der Waals surface area contributed by atoms with Gasteiger partial charge in [0.2, 0.25) is 0 Å². The number of carbonyl (C=O) groups excluding carboxylic acids is 1. The molecule has 56 heavy (non-hydrogen) atoms. The van der Waals surface area contributed by atoms with Crippen molar-refractivity contribution in [2.24, 2.45) is 0 Å². The molecular weight excluding hydrogens is 740 g/mol. The van der Waals surface area contributed by atoms with Crippen LogP contribution in [-0.4, -0.2) is 154 Å². The standard InChI is InChI=1S/C37H58N4O15/c1-2-3-10-38-33-6-4-32(5-7-33)37(42)56-30-29-55-28-27-54-26-25-53-24-23-52-22-21-51-20-19-50-18-17-49-16-15-48-14-13-47-12-11-39-35-9-8-34(40(43)44)31-36(35)41(45)46/h4-9,31,38-39H,2-3,10-30H2,1H3. The van der Waals surface area contributed by atoms with Gasteiger partial charge in [-0.2, -0.15) is 0 Å². The van der Waals surface area contributed by atoms with E-state index in [1.807, 2.05) is 12.1 Å². The Labute approximate surface area is 327 Å². The molecule has 0 bridgehead atoms. The minimum Gasteiger partial charge on any atom is -0.460 e. The number of carbonyl (C=O) groups is 1. The molecule has 0 saturated carbocycles. The van der Waals surface area contributed by atoms with Crippen LogP contribution in [0.5, 0.6) is 0 Å². The zero-order valence-electron chi connectivity index (χ0n) is 32.3. The molecule has 0 saturated heterocycles. The van der Waals surface area contributed by atoms with E-state index in [0.29, 0.717) is 118 Å². The van der Waals surface area contributed by atoms with Crippen LogP contribution in [0, 0.1) is 20.2 Å². The number of anilines is 2. The van der Waals surface area contributed by atoms with E-state index in [2.05, 4.69) is 17.6 Å². The molecule has 0 radical (unpaired) electrons. The summed E-state index contributed by atoms with van der Waals surface area (Å²) in [6.45, 7) is 10.8. The number of rotatable bonds is 38. The molecule has 2 N–H and O–H groups in total. The number of benzene rings is 2. The minimum atomic E-state index is -0.683. The van der Waals surface area contributed by atoms with Gasteiger partial charge in [-0.05, 0) is 36.8 Å². The van der Waals surface area contributed by atoms with E-state index in [-0.39, 0.29) is 42.8 Å². The zero-order chi connectivity index (χ0) is 40.3. The van der Waals surface area contributed by atoms with Crippen LogP contribution >= 0.6 is 0 Å². The van der Waals surface area contributed by atoms with Crippen molar-refractivity contribution in [2.75, 3.05) is 149 Å². The van der Waals surface area contributed by atoms with Crippen LogP contribution in [0.15, 0.2) is 42.5 Å². The summed E-state index contributed by atoms with van der Waals surface area (Å²) < 4.78 is 54.3. The summed E-state index contributed by atoms with van der Waals surface area (Å²) in [5.41, 5.74) is 0.951. The molecular formula is C37H58N4O15. The van der Waals surface area contributed by atoms with Gasteiger partial charge >= 0.3 is 5.97 Å². The molecule has 0 heterocycles. The van der Waals surface area contributed by atoms with Gasteiger partial charge in [0.05, 0.1) is 140 Å². The first kappa shape index (κ1) is 48.1. The second kappa shape index (κ2) is 33.1. The first-order chi connectivity index (χ1) is 27.4. The normalized spacial score (nSPS) is 11.1. The van der Waals surface area contributed by atoms with E-state index in [1.54, 1.807) is 12.1 Å². The van der Waals surface area contributed by atoms with E-state index in [4.69, 9.17) is 47.4 Å². The Morgan fingerprint density at radius 1 is 0.536 bits per heavy atom. The number of unbranched alkanes of at least 4 members (excludes halogenated alkanes) is 1. The van der Waals surface area contributed by atoms with Crippen LogP contribution in [0.3, 0.4) is 0 Å².